The molecule has 1 rings (SSSR count). The zero-order valence-electron chi connectivity index (χ0n) is 10.7. The molecule has 0 spiro atoms. The number of quaternary nitrogens is 1. The molecule has 0 aromatic heterocycles. The van der Waals surface area contributed by atoms with Gasteiger partial charge in [0, 0.05) is 5.56 Å². The quantitative estimate of drug-likeness (QED) is 0.783. The van der Waals surface area contributed by atoms with Crippen LogP contribution < -0.4 is 5.32 Å². The van der Waals surface area contributed by atoms with Gasteiger partial charge < -0.3 is 5.32 Å². The van der Waals surface area contributed by atoms with E-state index in [4.69, 9.17) is 0 Å². The second-order valence-electron chi connectivity index (χ2n) is 5.67. The molecule has 0 aliphatic carbocycles. The van der Waals surface area contributed by atoms with Crippen LogP contribution in [0.1, 0.15) is 51.7 Å². The summed E-state index contributed by atoms with van der Waals surface area (Å²) in [5.74, 6) is 0.630. The van der Waals surface area contributed by atoms with E-state index in [1.54, 1.807) is 0 Å². The van der Waals surface area contributed by atoms with Gasteiger partial charge in [0.05, 0.1) is 5.54 Å². The van der Waals surface area contributed by atoms with Crippen molar-refractivity contribution in [3.63, 3.8) is 0 Å². The van der Waals surface area contributed by atoms with Crippen molar-refractivity contribution in [2.24, 2.45) is 0 Å². The molecule has 0 unspecified atom stereocenters. The third-order valence-corrected chi connectivity index (χ3v) is 2.60. The first kappa shape index (κ1) is 12.3. The molecule has 0 amide bonds. The summed E-state index contributed by atoms with van der Waals surface area (Å²) in [5, 5.41) is 2.37. The third kappa shape index (κ3) is 4.48. The zero-order valence-corrected chi connectivity index (χ0v) is 10.7. The monoisotopic (exact) mass is 206 g/mol. The van der Waals surface area contributed by atoms with E-state index in [1.165, 1.54) is 11.1 Å². The summed E-state index contributed by atoms with van der Waals surface area (Å²) >= 11 is 0. The molecule has 0 atom stereocenters. The van der Waals surface area contributed by atoms with Gasteiger partial charge in [0.25, 0.3) is 0 Å². The van der Waals surface area contributed by atoms with Crippen molar-refractivity contribution >= 4 is 0 Å². The lowest BCUT2D eigenvalue weighted by molar-refractivity contribution is -0.731. The summed E-state index contributed by atoms with van der Waals surface area (Å²) in [6, 6.07) is 8.99. The molecule has 0 heterocycles. The van der Waals surface area contributed by atoms with Crippen molar-refractivity contribution < 1.29 is 5.32 Å². The molecule has 0 saturated heterocycles. The fourth-order valence-electron chi connectivity index (χ4n) is 1.46. The molecule has 1 heteroatoms. The Kier molecular flexibility index (Phi) is 3.92. The van der Waals surface area contributed by atoms with Gasteiger partial charge in [0.2, 0.25) is 0 Å². The smallest absolute Gasteiger partial charge is 0.102 e. The van der Waals surface area contributed by atoms with E-state index in [0.717, 1.165) is 6.54 Å². The van der Waals surface area contributed by atoms with Crippen LogP contribution in [0, 0.1) is 0 Å². The number of hydrogen-bond acceptors (Lipinski definition) is 0. The van der Waals surface area contributed by atoms with Gasteiger partial charge in [0.1, 0.15) is 6.54 Å². The van der Waals surface area contributed by atoms with Crippen LogP contribution in [0.2, 0.25) is 0 Å². The van der Waals surface area contributed by atoms with Crippen LogP contribution in [0.4, 0.5) is 0 Å². The van der Waals surface area contributed by atoms with Gasteiger partial charge in [-0.1, -0.05) is 38.1 Å². The summed E-state index contributed by atoms with van der Waals surface area (Å²) in [7, 11) is 0. The molecule has 1 aromatic carbocycles. The molecule has 0 aliphatic heterocycles. The fourth-order valence-corrected chi connectivity index (χ4v) is 1.46. The van der Waals surface area contributed by atoms with Crippen molar-refractivity contribution in [1.82, 2.24) is 0 Å². The Morgan fingerprint density at radius 2 is 1.60 bits per heavy atom. The van der Waals surface area contributed by atoms with E-state index in [1.807, 2.05) is 0 Å². The van der Waals surface area contributed by atoms with Gasteiger partial charge >= 0.3 is 0 Å². The second kappa shape index (κ2) is 4.80. The van der Waals surface area contributed by atoms with Gasteiger partial charge in [-0.15, -0.1) is 0 Å². The second-order valence-corrected chi connectivity index (χ2v) is 5.67. The number of nitrogens with two attached hydrogens (primary N) is 1. The van der Waals surface area contributed by atoms with Crippen molar-refractivity contribution in [3.05, 3.63) is 35.4 Å². The van der Waals surface area contributed by atoms with Gasteiger partial charge in [-0.25, -0.2) is 0 Å². The lowest BCUT2D eigenvalue weighted by Crippen LogP contribution is -2.92. The lowest BCUT2D eigenvalue weighted by Gasteiger charge is -2.17. The first-order valence-corrected chi connectivity index (χ1v) is 5.82. The Hall–Kier alpha value is -0.820. The molecule has 15 heavy (non-hydrogen) atoms. The van der Waals surface area contributed by atoms with E-state index < -0.39 is 0 Å². The molecular formula is C14H24N+. The Morgan fingerprint density at radius 1 is 1.07 bits per heavy atom. The predicted octanol–water partition coefficient (Wildman–Crippen LogP) is 2.67. The van der Waals surface area contributed by atoms with Crippen LogP contribution >= 0.6 is 0 Å². The number of rotatable bonds is 3. The Balaban J connectivity index is 2.57. The van der Waals surface area contributed by atoms with Crippen molar-refractivity contribution in [2.45, 2.75) is 52.6 Å². The molecule has 0 radical (unpaired) electrons. The lowest BCUT2D eigenvalue weighted by atomic mass is 10.0. The molecule has 84 valence electrons. The normalized spacial score (nSPS) is 12.1. The minimum atomic E-state index is 0.316. The van der Waals surface area contributed by atoms with E-state index in [9.17, 15) is 0 Å². The van der Waals surface area contributed by atoms with Crippen LogP contribution in [0.25, 0.3) is 0 Å². The minimum Gasteiger partial charge on any atom is -0.338 e. The topological polar surface area (TPSA) is 16.6 Å². The molecule has 1 aromatic rings. The SMILES string of the molecule is CC(C)c1ccc(C[NH2+]C(C)(C)C)cc1. The molecule has 0 fully saturated rings. The summed E-state index contributed by atoms with van der Waals surface area (Å²) in [6.45, 7) is 12.3. The number of hydrogen-bond donors (Lipinski definition) is 1. The van der Waals surface area contributed by atoms with Crippen molar-refractivity contribution in [1.29, 1.82) is 0 Å². The standard InChI is InChI=1S/C14H23N/c1-11(2)13-8-6-12(7-9-13)10-15-14(3,4)5/h6-9,11,15H,10H2,1-5H3/p+1. The van der Waals surface area contributed by atoms with Crippen LogP contribution in [0.3, 0.4) is 0 Å². The molecule has 0 aliphatic rings. The Bertz CT molecular complexity index is 290. The minimum absolute atomic E-state index is 0.316. The Labute approximate surface area is 93.9 Å². The summed E-state index contributed by atoms with van der Waals surface area (Å²) in [4.78, 5) is 0. The maximum absolute atomic E-state index is 2.37. The molecule has 2 N–H and O–H groups in total. The van der Waals surface area contributed by atoms with E-state index in [-0.39, 0.29) is 0 Å². The van der Waals surface area contributed by atoms with Gasteiger partial charge in [-0.05, 0) is 32.3 Å². The fraction of sp³-hybridized carbons (Fsp3) is 0.571. The van der Waals surface area contributed by atoms with Crippen LogP contribution in [0.5, 0.6) is 0 Å². The first-order valence-electron chi connectivity index (χ1n) is 5.82. The van der Waals surface area contributed by atoms with E-state index in [0.29, 0.717) is 11.5 Å². The Morgan fingerprint density at radius 3 is 2.00 bits per heavy atom. The maximum Gasteiger partial charge on any atom is 0.102 e. The maximum atomic E-state index is 2.37. The summed E-state index contributed by atoms with van der Waals surface area (Å²) in [5.41, 5.74) is 3.15. The highest BCUT2D eigenvalue weighted by Crippen LogP contribution is 2.14. The largest absolute Gasteiger partial charge is 0.338 e. The zero-order chi connectivity index (χ0) is 11.5. The van der Waals surface area contributed by atoms with Gasteiger partial charge in [-0.2, -0.15) is 0 Å². The highest BCUT2D eigenvalue weighted by Gasteiger charge is 2.12. The average Bonchev–Trinajstić information content (AvgIpc) is 2.14. The van der Waals surface area contributed by atoms with E-state index >= 15 is 0 Å². The molecule has 0 saturated carbocycles. The highest BCUT2D eigenvalue weighted by molar-refractivity contribution is 5.23. The van der Waals surface area contributed by atoms with Crippen LogP contribution in [-0.2, 0) is 6.54 Å². The van der Waals surface area contributed by atoms with Crippen molar-refractivity contribution in [2.75, 3.05) is 0 Å². The van der Waals surface area contributed by atoms with Crippen LogP contribution in [0.15, 0.2) is 24.3 Å². The van der Waals surface area contributed by atoms with Crippen LogP contribution in [-0.4, -0.2) is 5.54 Å². The highest BCUT2D eigenvalue weighted by atomic mass is 14.9. The first-order chi connectivity index (χ1) is 6.88. The molecule has 1 nitrogen and oxygen atoms in total. The van der Waals surface area contributed by atoms with Gasteiger partial charge in [0.15, 0.2) is 0 Å². The summed E-state index contributed by atoms with van der Waals surface area (Å²) in [6.07, 6.45) is 0. The molecular weight excluding hydrogens is 182 g/mol. The number of benzene rings is 1. The van der Waals surface area contributed by atoms with E-state index in [2.05, 4.69) is 64.2 Å². The average molecular weight is 206 g/mol. The molecule has 0 bridgehead atoms. The summed E-state index contributed by atoms with van der Waals surface area (Å²) < 4.78 is 0. The predicted molar refractivity (Wildman–Crippen MR) is 65.9 cm³/mol. The van der Waals surface area contributed by atoms with Gasteiger partial charge in [-0.3, -0.25) is 0 Å². The van der Waals surface area contributed by atoms with Crippen molar-refractivity contribution in [3.8, 4) is 0 Å². The third-order valence-electron chi connectivity index (χ3n) is 2.60.